The maximum atomic E-state index is 11.3. The summed E-state index contributed by atoms with van der Waals surface area (Å²) in [7, 11) is 0. The molecule has 0 aromatic heterocycles. The first kappa shape index (κ1) is 16.5. The molecule has 1 nitrogen and oxygen atoms in total. The summed E-state index contributed by atoms with van der Waals surface area (Å²) in [4.78, 5) is 13.3. The minimum Gasteiger partial charge on any atom is -0.288 e. The largest absolute Gasteiger partial charge is 0.288 e. The van der Waals surface area contributed by atoms with Crippen LogP contribution in [0.1, 0.15) is 38.7 Å². The van der Waals surface area contributed by atoms with E-state index < -0.39 is 0 Å². The van der Waals surface area contributed by atoms with Crippen molar-refractivity contribution < 1.29 is 4.79 Å². The molecule has 1 aromatic carbocycles. The van der Waals surface area contributed by atoms with Crippen LogP contribution in [0.2, 0.25) is 0 Å². The zero-order valence-electron chi connectivity index (χ0n) is 11.6. The number of hydrogen-bond acceptors (Lipinski definition) is 2. The topological polar surface area (TPSA) is 17.1 Å². The van der Waals surface area contributed by atoms with Gasteiger partial charge in [-0.2, -0.15) is 0 Å². The van der Waals surface area contributed by atoms with Gasteiger partial charge >= 0.3 is 0 Å². The molecule has 0 spiro atoms. The number of halogens is 1. The molecule has 19 heavy (non-hydrogen) atoms. The summed E-state index contributed by atoms with van der Waals surface area (Å²) >= 11 is 4.85. The molecule has 0 bridgehead atoms. The molecule has 0 aliphatic heterocycles. The summed E-state index contributed by atoms with van der Waals surface area (Å²) in [6.45, 7) is 3.77. The van der Waals surface area contributed by atoms with Gasteiger partial charge in [0.1, 0.15) is 0 Å². The monoisotopic (exact) mass is 340 g/mol. The molecule has 104 valence electrons. The fraction of sp³-hybridized carbons (Fsp3) is 0.438. The van der Waals surface area contributed by atoms with Crippen LogP contribution in [0.15, 0.2) is 40.9 Å². The zero-order valence-corrected chi connectivity index (χ0v) is 14.0. The van der Waals surface area contributed by atoms with Crippen LogP contribution >= 0.6 is 27.7 Å². The van der Waals surface area contributed by atoms with Crippen molar-refractivity contribution in [1.82, 2.24) is 0 Å². The Bertz CT molecular complexity index is 414. The molecular formula is C16H21BrOS. The van der Waals surface area contributed by atoms with Crippen LogP contribution in [0.3, 0.4) is 0 Å². The normalized spacial score (nSPS) is 13.3. The molecule has 0 heterocycles. The van der Waals surface area contributed by atoms with E-state index in [1.165, 1.54) is 22.9 Å². The first-order chi connectivity index (χ1) is 9.11. The van der Waals surface area contributed by atoms with Crippen LogP contribution in [0.5, 0.6) is 0 Å². The lowest BCUT2D eigenvalue weighted by atomic mass is 10.0. The SMILES string of the molecule is CC(=O)SC(CCC(C)=CBr)CCc1ccccc1. The highest BCUT2D eigenvalue weighted by Gasteiger charge is 2.12. The second kappa shape index (κ2) is 9.38. The van der Waals surface area contributed by atoms with Crippen LogP contribution in [-0.2, 0) is 11.2 Å². The summed E-state index contributed by atoms with van der Waals surface area (Å²) in [6, 6.07) is 10.5. The summed E-state index contributed by atoms with van der Waals surface area (Å²) in [5, 5.41) is 0.638. The Kier molecular flexibility index (Phi) is 8.15. The van der Waals surface area contributed by atoms with Crippen molar-refractivity contribution in [2.45, 2.75) is 44.8 Å². The second-order valence-electron chi connectivity index (χ2n) is 4.75. The smallest absolute Gasteiger partial charge is 0.186 e. The molecular weight excluding hydrogens is 320 g/mol. The third-order valence-electron chi connectivity index (χ3n) is 2.98. The first-order valence-corrected chi connectivity index (χ1v) is 8.38. The Labute approximate surface area is 129 Å². The maximum absolute atomic E-state index is 11.3. The zero-order chi connectivity index (χ0) is 14.1. The van der Waals surface area contributed by atoms with Gasteiger partial charge in [-0.3, -0.25) is 4.79 Å². The fourth-order valence-electron chi connectivity index (χ4n) is 1.91. The fourth-order valence-corrected chi connectivity index (χ4v) is 3.08. The van der Waals surface area contributed by atoms with Crippen LogP contribution in [0.25, 0.3) is 0 Å². The molecule has 0 amide bonds. The van der Waals surface area contributed by atoms with Gasteiger partial charge in [0.05, 0.1) is 0 Å². The predicted molar refractivity (Wildman–Crippen MR) is 88.7 cm³/mol. The van der Waals surface area contributed by atoms with E-state index in [0.717, 1.165) is 25.7 Å². The maximum Gasteiger partial charge on any atom is 0.186 e. The van der Waals surface area contributed by atoms with E-state index >= 15 is 0 Å². The van der Waals surface area contributed by atoms with Gasteiger partial charge in [0.25, 0.3) is 0 Å². The highest BCUT2D eigenvalue weighted by Crippen LogP contribution is 2.24. The van der Waals surface area contributed by atoms with Gasteiger partial charge in [-0.1, -0.05) is 63.6 Å². The average Bonchev–Trinajstić information content (AvgIpc) is 2.42. The van der Waals surface area contributed by atoms with Crippen molar-refractivity contribution in [2.24, 2.45) is 0 Å². The highest BCUT2D eigenvalue weighted by atomic mass is 79.9. The Balaban J connectivity index is 2.47. The molecule has 1 aromatic rings. The van der Waals surface area contributed by atoms with Crippen molar-refractivity contribution >= 4 is 32.8 Å². The standard InChI is InChI=1S/C16H21BrOS/c1-13(12-17)8-10-16(19-14(2)18)11-9-15-6-4-3-5-7-15/h3-7,12,16H,8-11H2,1-2H3. The van der Waals surface area contributed by atoms with E-state index in [-0.39, 0.29) is 5.12 Å². The van der Waals surface area contributed by atoms with Gasteiger partial charge < -0.3 is 0 Å². The molecule has 1 atom stereocenters. The molecule has 0 aliphatic carbocycles. The van der Waals surface area contributed by atoms with Crippen LogP contribution in [0, 0.1) is 0 Å². The molecule has 0 radical (unpaired) electrons. The minimum absolute atomic E-state index is 0.221. The van der Waals surface area contributed by atoms with Crippen molar-refractivity contribution in [2.75, 3.05) is 0 Å². The van der Waals surface area contributed by atoms with Crippen LogP contribution in [-0.4, -0.2) is 10.4 Å². The van der Waals surface area contributed by atoms with Gasteiger partial charge in [0.15, 0.2) is 5.12 Å². The number of allylic oxidation sites excluding steroid dienone is 1. The van der Waals surface area contributed by atoms with E-state index in [4.69, 9.17) is 0 Å². The number of rotatable bonds is 7. The number of thioether (sulfide) groups is 1. The van der Waals surface area contributed by atoms with Crippen molar-refractivity contribution in [3.8, 4) is 0 Å². The molecule has 0 aliphatic rings. The Hall–Kier alpha value is -0.540. The van der Waals surface area contributed by atoms with Gasteiger partial charge in [-0.05, 0) is 43.2 Å². The lowest BCUT2D eigenvalue weighted by Crippen LogP contribution is -2.07. The second-order valence-corrected chi connectivity index (χ2v) is 6.68. The van der Waals surface area contributed by atoms with E-state index in [9.17, 15) is 4.79 Å². The Morgan fingerprint density at radius 2 is 1.95 bits per heavy atom. The number of carbonyl (C=O) groups is 1. The number of benzene rings is 1. The summed E-state index contributed by atoms with van der Waals surface area (Å²) in [6.07, 6.45) is 4.21. The first-order valence-electron chi connectivity index (χ1n) is 6.59. The Morgan fingerprint density at radius 3 is 2.53 bits per heavy atom. The summed E-state index contributed by atoms with van der Waals surface area (Å²) in [5.74, 6) is 0. The molecule has 3 heteroatoms. The van der Waals surface area contributed by atoms with Gasteiger partial charge in [0.2, 0.25) is 0 Å². The minimum atomic E-state index is 0.221. The third kappa shape index (κ3) is 7.58. The van der Waals surface area contributed by atoms with E-state index in [2.05, 4.69) is 47.1 Å². The van der Waals surface area contributed by atoms with Crippen LogP contribution < -0.4 is 0 Å². The van der Waals surface area contributed by atoms with Crippen molar-refractivity contribution in [3.05, 3.63) is 46.5 Å². The van der Waals surface area contributed by atoms with Gasteiger partial charge in [-0.25, -0.2) is 0 Å². The van der Waals surface area contributed by atoms with Crippen molar-refractivity contribution in [1.29, 1.82) is 0 Å². The van der Waals surface area contributed by atoms with Gasteiger partial charge in [0, 0.05) is 12.2 Å². The van der Waals surface area contributed by atoms with Crippen LogP contribution in [0.4, 0.5) is 0 Å². The molecule has 0 N–H and O–H groups in total. The number of carbonyl (C=O) groups excluding carboxylic acids is 1. The number of hydrogen-bond donors (Lipinski definition) is 0. The third-order valence-corrected chi connectivity index (χ3v) is 4.90. The molecule has 0 saturated carbocycles. The molecule has 0 saturated heterocycles. The van der Waals surface area contributed by atoms with E-state index in [1.807, 2.05) is 11.1 Å². The van der Waals surface area contributed by atoms with E-state index in [0.29, 0.717) is 5.25 Å². The molecule has 1 rings (SSSR count). The molecule has 0 fully saturated rings. The van der Waals surface area contributed by atoms with Gasteiger partial charge in [-0.15, -0.1) is 0 Å². The summed E-state index contributed by atoms with van der Waals surface area (Å²) < 4.78 is 0. The quantitative estimate of drug-likeness (QED) is 0.665. The van der Waals surface area contributed by atoms with E-state index in [1.54, 1.807) is 6.92 Å². The lowest BCUT2D eigenvalue weighted by Gasteiger charge is -2.15. The average molecular weight is 341 g/mol. The molecule has 1 unspecified atom stereocenters. The Morgan fingerprint density at radius 1 is 1.26 bits per heavy atom. The number of aryl methyl sites for hydroxylation is 1. The lowest BCUT2D eigenvalue weighted by molar-refractivity contribution is -0.109. The van der Waals surface area contributed by atoms with Crippen molar-refractivity contribution in [3.63, 3.8) is 0 Å². The highest BCUT2D eigenvalue weighted by molar-refractivity contribution is 9.11. The summed E-state index contributed by atoms with van der Waals surface area (Å²) in [5.41, 5.74) is 2.68. The predicted octanol–water partition coefficient (Wildman–Crippen LogP) is 5.35.